The van der Waals surface area contributed by atoms with Gasteiger partial charge in [-0.1, -0.05) is 27.2 Å². The summed E-state index contributed by atoms with van der Waals surface area (Å²) in [6, 6.07) is 0. The molecular formula is C17H33NO. The highest BCUT2D eigenvalue weighted by Gasteiger charge is 2.40. The first-order valence-electron chi connectivity index (χ1n) is 8.50. The maximum atomic E-state index is 11.1. The van der Waals surface area contributed by atoms with Crippen LogP contribution in [0.1, 0.15) is 65.7 Å². The second-order valence-corrected chi connectivity index (χ2v) is 7.26. The molecule has 1 aliphatic heterocycles. The van der Waals surface area contributed by atoms with Crippen molar-refractivity contribution in [1.29, 1.82) is 0 Å². The van der Waals surface area contributed by atoms with Crippen molar-refractivity contribution in [2.75, 3.05) is 19.6 Å². The molecular weight excluding hydrogens is 234 g/mol. The van der Waals surface area contributed by atoms with Gasteiger partial charge < -0.3 is 10.0 Å². The van der Waals surface area contributed by atoms with Crippen molar-refractivity contribution in [3.8, 4) is 0 Å². The molecule has 0 radical (unpaired) electrons. The minimum Gasteiger partial charge on any atom is -0.390 e. The molecule has 2 fully saturated rings. The molecule has 2 rings (SSSR count). The van der Waals surface area contributed by atoms with Gasteiger partial charge in [0.05, 0.1) is 5.60 Å². The van der Waals surface area contributed by atoms with E-state index in [1.54, 1.807) is 0 Å². The highest BCUT2D eigenvalue weighted by atomic mass is 16.3. The Morgan fingerprint density at radius 2 is 1.89 bits per heavy atom. The van der Waals surface area contributed by atoms with Gasteiger partial charge in [-0.15, -0.1) is 0 Å². The second kappa shape index (κ2) is 6.58. The van der Waals surface area contributed by atoms with Crippen molar-refractivity contribution >= 4 is 0 Å². The normalized spacial score (nSPS) is 42.0. The molecule has 1 N–H and O–H groups in total. The van der Waals surface area contributed by atoms with E-state index in [-0.39, 0.29) is 5.60 Å². The third-order valence-electron chi connectivity index (χ3n) is 5.84. The largest absolute Gasteiger partial charge is 0.390 e. The van der Waals surface area contributed by atoms with Crippen LogP contribution in [0.3, 0.4) is 0 Å². The molecule has 2 heteroatoms. The van der Waals surface area contributed by atoms with E-state index in [0.29, 0.717) is 5.92 Å². The van der Waals surface area contributed by atoms with Crippen LogP contribution in [0.4, 0.5) is 0 Å². The monoisotopic (exact) mass is 267 g/mol. The second-order valence-electron chi connectivity index (χ2n) is 7.26. The van der Waals surface area contributed by atoms with Crippen LogP contribution in [-0.2, 0) is 0 Å². The maximum absolute atomic E-state index is 11.1. The summed E-state index contributed by atoms with van der Waals surface area (Å²) in [6.45, 7) is 10.5. The van der Waals surface area contributed by atoms with E-state index in [1.165, 1.54) is 45.2 Å². The van der Waals surface area contributed by atoms with Gasteiger partial charge in [0.2, 0.25) is 0 Å². The fourth-order valence-corrected chi connectivity index (χ4v) is 4.18. The van der Waals surface area contributed by atoms with Crippen LogP contribution < -0.4 is 0 Å². The smallest absolute Gasteiger partial charge is 0.0688 e. The molecule has 4 unspecified atom stereocenters. The summed E-state index contributed by atoms with van der Waals surface area (Å²) >= 11 is 0. The summed E-state index contributed by atoms with van der Waals surface area (Å²) < 4.78 is 0. The van der Waals surface area contributed by atoms with Crippen molar-refractivity contribution in [1.82, 2.24) is 4.90 Å². The van der Waals surface area contributed by atoms with Crippen molar-refractivity contribution in [2.24, 2.45) is 17.8 Å². The van der Waals surface area contributed by atoms with Crippen LogP contribution in [0.15, 0.2) is 0 Å². The average Bonchev–Trinajstić information content (AvgIpc) is 2.57. The van der Waals surface area contributed by atoms with E-state index in [0.717, 1.165) is 31.2 Å². The number of aliphatic hydroxyl groups is 1. The summed E-state index contributed by atoms with van der Waals surface area (Å²) in [5.41, 5.74) is -0.364. The molecule has 0 amide bonds. The summed E-state index contributed by atoms with van der Waals surface area (Å²) in [7, 11) is 0. The molecule has 0 aromatic carbocycles. The maximum Gasteiger partial charge on any atom is 0.0688 e. The Labute approximate surface area is 119 Å². The molecule has 19 heavy (non-hydrogen) atoms. The Morgan fingerprint density at radius 3 is 2.58 bits per heavy atom. The zero-order valence-electron chi connectivity index (χ0n) is 13.2. The summed E-state index contributed by atoms with van der Waals surface area (Å²) in [4.78, 5) is 2.55. The van der Waals surface area contributed by atoms with E-state index in [9.17, 15) is 5.11 Å². The Morgan fingerprint density at radius 1 is 1.11 bits per heavy atom. The molecule has 1 heterocycles. The van der Waals surface area contributed by atoms with Gasteiger partial charge in [0.25, 0.3) is 0 Å². The van der Waals surface area contributed by atoms with Gasteiger partial charge in [-0.05, 0) is 69.4 Å². The van der Waals surface area contributed by atoms with Crippen molar-refractivity contribution < 1.29 is 5.11 Å². The first kappa shape index (κ1) is 15.3. The highest BCUT2D eigenvalue weighted by molar-refractivity contribution is 4.93. The van der Waals surface area contributed by atoms with Crippen LogP contribution in [0, 0.1) is 17.8 Å². The van der Waals surface area contributed by atoms with E-state index in [2.05, 4.69) is 25.7 Å². The molecule has 0 aromatic rings. The molecule has 2 nitrogen and oxygen atoms in total. The van der Waals surface area contributed by atoms with Gasteiger partial charge in [-0.25, -0.2) is 0 Å². The number of nitrogens with zero attached hydrogens (tertiary/aromatic N) is 1. The predicted molar refractivity (Wildman–Crippen MR) is 81.2 cm³/mol. The zero-order chi connectivity index (χ0) is 13.9. The highest BCUT2D eigenvalue weighted by Crippen LogP contribution is 2.42. The standard InChI is InChI=1S/C17H33NO/c1-4-10-18-11-5-8-17(19,9-12-18)16-7-6-14(2)15(3)13-16/h14-16,19H,4-13H2,1-3H3. The van der Waals surface area contributed by atoms with Gasteiger partial charge >= 0.3 is 0 Å². The number of rotatable bonds is 3. The fraction of sp³-hybridized carbons (Fsp3) is 1.00. The minimum absolute atomic E-state index is 0.364. The average molecular weight is 267 g/mol. The van der Waals surface area contributed by atoms with E-state index >= 15 is 0 Å². The van der Waals surface area contributed by atoms with Crippen molar-refractivity contribution in [3.05, 3.63) is 0 Å². The Kier molecular flexibility index (Phi) is 5.30. The lowest BCUT2D eigenvalue weighted by molar-refractivity contribution is -0.0573. The minimum atomic E-state index is -0.364. The molecule has 4 atom stereocenters. The van der Waals surface area contributed by atoms with E-state index in [4.69, 9.17) is 0 Å². The Balaban J connectivity index is 1.94. The van der Waals surface area contributed by atoms with Gasteiger partial charge in [0, 0.05) is 6.54 Å². The predicted octanol–water partition coefficient (Wildman–Crippen LogP) is 3.69. The molecule has 112 valence electrons. The lowest BCUT2D eigenvalue weighted by Gasteiger charge is -2.42. The Bertz CT molecular complexity index is 280. The summed E-state index contributed by atoms with van der Waals surface area (Å²) in [5.74, 6) is 2.19. The molecule has 0 bridgehead atoms. The molecule has 1 aliphatic carbocycles. The van der Waals surface area contributed by atoms with Crippen LogP contribution in [0.5, 0.6) is 0 Å². The molecule has 0 spiro atoms. The van der Waals surface area contributed by atoms with Gasteiger partial charge in [-0.2, -0.15) is 0 Å². The van der Waals surface area contributed by atoms with E-state index < -0.39 is 0 Å². The van der Waals surface area contributed by atoms with Crippen LogP contribution in [0.2, 0.25) is 0 Å². The number of hydrogen-bond donors (Lipinski definition) is 1. The van der Waals surface area contributed by atoms with Crippen molar-refractivity contribution in [3.63, 3.8) is 0 Å². The van der Waals surface area contributed by atoms with Crippen LogP contribution >= 0.6 is 0 Å². The summed E-state index contributed by atoms with van der Waals surface area (Å²) in [6.07, 6.45) is 8.24. The molecule has 1 saturated carbocycles. The van der Waals surface area contributed by atoms with Crippen molar-refractivity contribution in [2.45, 2.75) is 71.3 Å². The third-order valence-corrected chi connectivity index (χ3v) is 5.84. The Hall–Kier alpha value is -0.0800. The van der Waals surface area contributed by atoms with Gasteiger partial charge in [-0.3, -0.25) is 0 Å². The lowest BCUT2D eigenvalue weighted by Crippen LogP contribution is -2.42. The first-order valence-corrected chi connectivity index (χ1v) is 8.50. The number of hydrogen-bond acceptors (Lipinski definition) is 2. The molecule has 1 saturated heterocycles. The third kappa shape index (κ3) is 3.72. The fourth-order valence-electron chi connectivity index (χ4n) is 4.18. The van der Waals surface area contributed by atoms with Crippen LogP contribution in [0.25, 0.3) is 0 Å². The van der Waals surface area contributed by atoms with Gasteiger partial charge in [0.1, 0.15) is 0 Å². The topological polar surface area (TPSA) is 23.5 Å². The summed E-state index contributed by atoms with van der Waals surface area (Å²) in [5, 5.41) is 11.1. The molecule has 2 aliphatic rings. The first-order chi connectivity index (χ1) is 9.05. The lowest BCUT2D eigenvalue weighted by atomic mass is 9.67. The zero-order valence-corrected chi connectivity index (χ0v) is 13.2. The van der Waals surface area contributed by atoms with Gasteiger partial charge in [0.15, 0.2) is 0 Å². The van der Waals surface area contributed by atoms with Crippen LogP contribution in [-0.4, -0.2) is 35.2 Å². The molecule has 0 aromatic heterocycles. The number of likely N-dealkylation sites (tertiary alicyclic amines) is 1. The SMILES string of the molecule is CCCN1CCCC(O)(C2CCC(C)C(C)C2)CC1. The van der Waals surface area contributed by atoms with E-state index in [1.807, 2.05) is 0 Å². The quantitative estimate of drug-likeness (QED) is 0.843.